The summed E-state index contributed by atoms with van der Waals surface area (Å²) in [4.78, 5) is 6.97. The molecule has 0 saturated carbocycles. The summed E-state index contributed by atoms with van der Waals surface area (Å²) in [6.45, 7) is 3.71. The number of methoxy groups -OCH3 is 1. The minimum absolute atomic E-state index is 0. The maximum atomic E-state index is 12.8. The molecule has 0 aliphatic carbocycles. The number of anilines is 1. The highest BCUT2D eigenvalue weighted by Crippen LogP contribution is 2.30. The number of sulfone groups is 1. The molecule has 1 heterocycles. The number of guanidine groups is 1. The average Bonchev–Trinajstić information content (AvgIpc) is 3.26. The quantitative estimate of drug-likeness (QED) is 0.287. The van der Waals surface area contributed by atoms with Gasteiger partial charge in [-0.15, -0.1) is 24.0 Å². The molecule has 0 amide bonds. The fraction of sp³-hybridized carbons (Fsp3) is 0.435. The molecule has 0 aromatic heterocycles. The van der Waals surface area contributed by atoms with Crippen LogP contribution in [0.3, 0.4) is 0 Å². The lowest BCUT2D eigenvalue weighted by atomic mass is 10.2. The maximum absolute atomic E-state index is 12.8. The lowest BCUT2D eigenvalue weighted by Gasteiger charge is -2.24. The maximum Gasteiger partial charge on any atom is 0.191 e. The second-order valence-electron chi connectivity index (χ2n) is 7.66. The number of hydrogen-bond donors (Lipinski definition) is 2. The second kappa shape index (κ2) is 12.3. The number of nitrogens with one attached hydrogen (secondary N) is 2. The van der Waals surface area contributed by atoms with Crippen molar-refractivity contribution in [2.24, 2.45) is 4.99 Å². The standard InChI is InChI=1S/C23H32N4O3S.HI/c1-4-18(17-31(28,29)20-10-6-5-7-11-20)25-23(24-2)26-19-14-15-27(16-19)21-12-8-9-13-22(21)30-3;/h5-13,18-19H,4,14-17H2,1-3H3,(H2,24,25,26);1H. The Hall–Kier alpha value is -2.01. The van der Waals surface area contributed by atoms with E-state index in [-0.39, 0.29) is 41.8 Å². The fourth-order valence-electron chi connectivity index (χ4n) is 3.80. The van der Waals surface area contributed by atoms with E-state index >= 15 is 0 Å². The minimum atomic E-state index is -3.37. The first-order chi connectivity index (χ1) is 15.0. The molecule has 7 nitrogen and oxygen atoms in total. The number of benzene rings is 2. The minimum Gasteiger partial charge on any atom is -0.495 e. The zero-order valence-corrected chi connectivity index (χ0v) is 22.0. The number of nitrogens with zero attached hydrogens (tertiary/aromatic N) is 2. The zero-order valence-electron chi connectivity index (χ0n) is 18.8. The first-order valence-corrected chi connectivity index (χ1v) is 12.3. The summed E-state index contributed by atoms with van der Waals surface area (Å²) in [5.74, 6) is 1.51. The van der Waals surface area contributed by atoms with E-state index in [1.807, 2.05) is 31.2 Å². The molecule has 0 radical (unpaired) electrons. The van der Waals surface area contributed by atoms with Crippen molar-refractivity contribution < 1.29 is 13.2 Å². The third-order valence-corrected chi connectivity index (χ3v) is 7.37. The van der Waals surface area contributed by atoms with Gasteiger partial charge >= 0.3 is 0 Å². The Morgan fingerprint density at radius 1 is 1.19 bits per heavy atom. The molecule has 2 aromatic carbocycles. The molecule has 0 spiro atoms. The molecule has 2 aromatic rings. The molecular weight excluding hydrogens is 539 g/mol. The molecule has 2 unspecified atom stereocenters. The van der Waals surface area contributed by atoms with E-state index in [1.54, 1.807) is 38.4 Å². The summed E-state index contributed by atoms with van der Waals surface area (Å²) < 4.78 is 31.0. The van der Waals surface area contributed by atoms with Crippen molar-refractivity contribution in [2.45, 2.75) is 36.7 Å². The Morgan fingerprint density at radius 3 is 2.53 bits per heavy atom. The third-order valence-electron chi connectivity index (χ3n) is 5.54. The van der Waals surface area contributed by atoms with Gasteiger partial charge in [0.1, 0.15) is 5.75 Å². The van der Waals surface area contributed by atoms with E-state index in [9.17, 15) is 8.42 Å². The Bertz CT molecular complexity index is 986. The molecule has 3 rings (SSSR count). The average molecular weight is 573 g/mol. The van der Waals surface area contributed by atoms with Gasteiger partial charge in [-0.25, -0.2) is 8.42 Å². The van der Waals surface area contributed by atoms with E-state index in [1.165, 1.54) is 0 Å². The van der Waals surface area contributed by atoms with Crippen LogP contribution in [0.5, 0.6) is 5.75 Å². The van der Waals surface area contributed by atoms with Crippen molar-refractivity contribution in [3.05, 3.63) is 54.6 Å². The highest BCUT2D eigenvalue weighted by atomic mass is 127. The molecule has 1 aliphatic heterocycles. The van der Waals surface area contributed by atoms with Crippen molar-refractivity contribution in [1.29, 1.82) is 0 Å². The van der Waals surface area contributed by atoms with Crippen LogP contribution in [-0.4, -0.2) is 59.5 Å². The molecule has 2 N–H and O–H groups in total. The van der Waals surface area contributed by atoms with Crippen LogP contribution in [0.4, 0.5) is 5.69 Å². The molecule has 1 fully saturated rings. The van der Waals surface area contributed by atoms with Crippen molar-refractivity contribution >= 4 is 45.5 Å². The number of halogens is 1. The van der Waals surface area contributed by atoms with E-state index in [0.717, 1.165) is 30.9 Å². The molecule has 176 valence electrons. The number of para-hydroxylation sites is 2. The van der Waals surface area contributed by atoms with E-state index < -0.39 is 9.84 Å². The van der Waals surface area contributed by atoms with Crippen LogP contribution in [0.1, 0.15) is 19.8 Å². The van der Waals surface area contributed by atoms with Crippen molar-refractivity contribution in [1.82, 2.24) is 10.6 Å². The summed E-state index contributed by atoms with van der Waals surface area (Å²) in [5, 5.41) is 6.75. The van der Waals surface area contributed by atoms with Gasteiger partial charge in [0.15, 0.2) is 15.8 Å². The van der Waals surface area contributed by atoms with Gasteiger partial charge in [0, 0.05) is 32.2 Å². The fourth-order valence-corrected chi connectivity index (χ4v) is 5.41. The Balaban J connectivity index is 0.00000363. The van der Waals surface area contributed by atoms with E-state index in [4.69, 9.17) is 4.74 Å². The van der Waals surface area contributed by atoms with E-state index in [0.29, 0.717) is 17.3 Å². The summed E-state index contributed by atoms with van der Waals surface area (Å²) >= 11 is 0. The second-order valence-corrected chi connectivity index (χ2v) is 9.70. The Morgan fingerprint density at radius 2 is 1.88 bits per heavy atom. The van der Waals surface area contributed by atoms with Crippen LogP contribution in [0, 0.1) is 0 Å². The van der Waals surface area contributed by atoms with Gasteiger partial charge in [-0.3, -0.25) is 4.99 Å². The molecule has 32 heavy (non-hydrogen) atoms. The number of rotatable bonds is 8. The van der Waals surface area contributed by atoms with E-state index in [2.05, 4.69) is 26.6 Å². The van der Waals surface area contributed by atoms with Crippen LogP contribution in [0.25, 0.3) is 0 Å². The molecule has 1 saturated heterocycles. The Labute approximate surface area is 208 Å². The van der Waals surface area contributed by atoms with Crippen molar-refractivity contribution in [2.75, 3.05) is 37.9 Å². The lowest BCUT2D eigenvalue weighted by Crippen LogP contribution is -2.49. The van der Waals surface area contributed by atoms with Crippen LogP contribution in [-0.2, 0) is 9.84 Å². The molecular formula is C23H33IN4O3S. The number of aliphatic imine (C=N–C) groups is 1. The summed E-state index contributed by atoms with van der Waals surface area (Å²) in [7, 11) is 0.0217. The predicted octanol–water partition coefficient (Wildman–Crippen LogP) is 3.31. The first-order valence-electron chi connectivity index (χ1n) is 10.6. The van der Waals surface area contributed by atoms with Crippen LogP contribution < -0.4 is 20.3 Å². The monoisotopic (exact) mass is 572 g/mol. The molecule has 1 aliphatic rings. The van der Waals surface area contributed by atoms with Crippen LogP contribution in [0.15, 0.2) is 64.5 Å². The van der Waals surface area contributed by atoms with Gasteiger partial charge in [0.2, 0.25) is 0 Å². The summed E-state index contributed by atoms with van der Waals surface area (Å²) in [5.41, 5.74) is 1.08. The lowest BCUT2D eigenvalue weighted by molar-refractivity contribution is 0.415. The predicted molar refractivity (Wildman–Crippen MR) is 141 cm³/mol. The highest BCUT2D eigenvalue weighted by molar-refractivity contribution is 14.0. The van der Waals surface area contributed by atoms with Gasteiger partial charge in [-0.2, -0.15) is 0 Å². The summed E-state index contributed by atoms with van der Waals surface area (Å²) in [6, 6.07) is 16.6. The highest BCUT2D eigenvalue weighted by Gasteiger charge is 2.26. The van der Waals surface area contributed by atoms with Crippen LogP contribution >= 0.6 is 24.0 Å². The van der Waals surface area contributed by atoms with Crippen LogP contribution in [0.2, 0.25) is 0 Å². The van der Waals surface area contributed by atoms with Crippen molar-refractivity contribution in [3.63, 3.8) is 0 Å². The molecule has 0 bridgehead atoms. The largest absolute Gasteiger partial charge is 0.495 e. The van der Waals surface area contributed by atoms with Gasteiger partial charge in [-0.1, -0.05) is 37.3 Å². The Kier molecular flexibility index (Phi) is 10.1. The number of hydrogen-bond acceptors (Lipinski definition) is 5. The SMILES string of the molecule is CCC(CS(=O)(=O)c1ccccc1)NC(=NC)NC1CCN(c2ccccc2OC)C1.I. The van der Waals surface area contributed by atoms with Crippen molar-refractivity contribution in [3.8, 4) is 5.75 Å². The normalized spacial score (nSPS) is 17.4. The van der Waals surface area contributed by atoms with Gasteiger partial charge in [0.25, 0.3) is 0 Å². The molecule has 9 heteroatoms. The van der Waals surface area contributed by atoms with Gasteiger partial charge in [-0.05, 0) is 37.1 Å². The third kappa shape index (κ3) is 6.74. The van der Waals surface area contributed by atoms with Gasteiger partial charge < -0.3 is 20.3 Å². The van der Waals surface area contributed by atoms with Gasteiger partial charge in [0.05, 0.1) is 23.4 Å². The number of ether oxygens (including phenoxy) is 1. The summed E-state index contributed by atoms with van der Waals surface area (Å²) in [6.07, 6.45) is 1.63. The first kappa shape index (κ1) is 26.2. The topological polar surface area (TPSA) is 83.0 Å². The zero-order chi connectivity index (χ0) is 22.3. The molecule has 2 atom stereocenters. The smallest absolute Gasteiger partial charge is 0.191 e.